The molecule has 0 spiro atoms. The van der Waals surface area contributed by atoms with Crippen molar-refractivity contribution in [3.63, 3.8) is 0 Å². The highest BCUT2D eigenvalue weighted by atomic mass is 32.2. The molecule has 2 aliphatic rings. The van der Waals surface area contributed by atoms with Gasteiger partial charge in [-0.05, 0) is 61.6 Å². The van der Waals surface area contributed by atoms with Gasteiger partial charge in [0.25, 0.3) is 5.91 Å². The largest absolute Gasteiger partial charge is 0.465 e. The summed E-state index contributed by atoms with van der Waals surface area (Å²) in [4.78, 5) is 29.6. The minimum Gasteiger partial charge on any atom is -0.465 e. The Hall–Kier alpha value is -3.39. The first-order valence-electron chi connectivity index (χ1n) is 12.6. The Morgan fingerprint density at radius 3 is 2.50 bits per heavy atom. The Bertz CT molecular complexity index is 1480. The van der Waals surface area contributed by atoms with Gasteiger partial charge in [-0.15, -0.1) is 0 Å². The molecule has 13 heteroatoms. The van der Waals surface area contributed by atoms with Crippen LogP contribution < -0.4 is 10.1 Å². The Labute approximate surface area is 234 Å². The lowest BCUT2D eigenvalue weighted by molar-refractivity contribution is -0.136. The van der Waals surface area contributed by atoms with E-state index in [1.54, 1.807) is 12.1 Å². The number of sulfone groups is 1. The summed E-state index contributed by atoms with van der Waals surface area (Å²) in [6.07, 6.45) is 2.72. The van der Waals surface area contributed by atoms with E-state index in [9.17, 15) is 22.4 Å². The maximum atomic E-state index is 13.9. The van der Waals surface area contributed by atoms with Crippen LogP contribution in [-0.4, -0.2) is 57.0 Å². The fraction of sp³-hybridized carbons (Fsp3) is 0.370. The van der Waals surface area contributed by atoms with Crippen LogP contribution in [0.4, 0.5) is 9.52 Å². The predicted octanol–water partition coefficient (Wildman–Crippen LogP) is 4.67. The lowest BCUT2D eigenvalue weighted by Gasteiger charge is -2.27. The number of carbonyl (C=O) groups excluding carboxylic acids is 2. The minimum atomic E-state index is -3.37. The number of halogens is 1. The van der Waals surface area contributed by atoms with Crippen LogP contribution in [0.5, 0.6) is 10.8 Å². The number of esters is 1. The number of methoxy groups -OCH3 is 1. The van der Waals surface area contributed by atoms with E-state index in [0.29, 0.717) is 44.5 Å². The monoisotopic (exact) mass is 590 g/mol. The number of benzene rings is 2. The highest BCUT2D eigenvalue weighted by Crippen LogP contribution is 2.35. The van der Waals surface area contributed by atoms with Crippen LogP contribution in [-0.2, 0) is 28.8 Å². The van der Waals surface area contributed by atoms with Gasteiger partial charge in [0.15, 0.2) is 21.1 Å². The van der Waals surface area contributed by atoms with E-state index < -0.39 is 33.6 Å². The summed E-state index contributed by atoms with van der Waals surface area (Å²) in [6.45, 7) is 1.04. The van der Waals surface area contributed by atoms with E-state index in [2.05, 4.69) is 15.0 Å². The number of carbonyl (C=O) groups is 2. The van der Waals surface area contributed by atoms with Crippen molar-refractivity contribution >= 4 is 38.2 Å². The zero-order valence-electron chi connectivity index (χ0n) is 21.5. The van der Waals surface area contributed by atoms with E-state index in [-0.39, 0.29) is 37.8 Å². The molecule has 10 nitrogen and oxygen atoms in total. The van der Waals surface area contributed by atoms with Crippen molar-refractivity contribution in [1.82, 2.24) is 4.98 Å². The lowest BCUT2D eigenvalue weighted by Crippen LogP contribution is -2.31. The van der Waals surface area contributed by atoms with Crippen molar-refractivity contribution in [2.75, 3.05) is 25.6 Å². The molecular formula is C27H27FN2O8S2. The van der Waals surface area contributed by atoms with Crippen molar-refractivity contribution < 1.29 is 41.3 Å². The highest BCUT2D eigenvalue weighted by molar-refractivity contribution is 7.92. The average Bonchev–Trinajstić information content (AvgIpc) is 3.75. The summed E-state index contributed by atoms with van der Waals surface area (Å²) in [7, 11) is -2.22. The second-order valence-corrected chi connectivity index (χ2v) is 12.6. The van der Waals surface area contributed by atoms with E-state index in [0.717, 1.165) is 24.5 Å². The topological polar surface area (TPSA) is 130 Å². The molecule has 1 aliphatic carbocycles. The number of amides is 1. The number of nitrogens with one attached hydrogen (secondary N) is 1. The second-order valence-electron chi connectivity index (χ2n) is 9.35. The third-order valence-corrected chi connectivity index (χ3v) is 9.55. The van der Waals surface area contributed by atoms with Gasteiger partial charge in [0.2, 0.25) is 5.06 Å². The van der Waals surface area contributed by atoms with E-state index in [4.69, 9.17) is 14.2 Å². The van der Waals surface area contributed by atoms with E-state index >= 15 is 0 Å². The Morgan fingerprint density at radius 2 is 1.82 bits per heavy atom. The van der Waals surface area contributed by atoms with Gasteiger partial charge in [0.05, 0.1) is 35.1 Å². The van der Waals surface area contributed by atoms with Gasteiger partial charge < -0.3 is 18.9 Å². The molecule has 212 valence electrons. The second kappa shape index (κ2) is 12.0. The first-order chi connectivity index (χ1) is 19.2. The van der Waals surface area contributed by atoms with Crippen molar-refractivity contribution in [2.24, 2.45) is 0 Å². The van der Waals surface area contributed by atoms with E-state index in [1.807, 2.05) is 0 Å². The summed E-state index contributed by atoms with van der Waals surface area (Å²) in [5.41, 5.74) is 0.232. The van der Waals surface area contributed by atoms with Crippen LogP contribution in [0.3, 0.4) is 0 Å². The summed E-state index contributed by atoms with van der Waals surface area (Å²) in [5.74, 6) is -1.88. The summed E-state index contributed by atoms with van der Waals surface area (Å²) in [6, 6.07) is 9.87. The molecule has 0 bridgehead atoms. The molecule has 0 radical (unpaired) electrons. The highest BCUT2D eigenvalue weighted by Gasteiger charge is 2.37. The van der Waals surface area contributed by atoms with Gasteiger partial charge in [0.1, 0.15) is 11.6 Å². The van der Waals surface area contributed by atoms with Gasteiger partial charge in [-0.1, -0.05) is 23.5 Å². The Morgan fingerprint density at radius 1 is 1.10 bits per heavy atom. The molecule has 1 saturated heterocycles. The quantitative estimate of drug-likeness (QED) is 0.335. The third kappa shape index (κ3) is 6.49. The number of hydrogen-bond acceptors (Lipinski definition) is 10. The molecule has 2 heterocycles. The molecule has 1 saturated carbocycles. The number of thiazole rings is 1. The molecule has 1 aliphatic heterocycles. The molecule has 2 aromatic carbocycles. The average molecular weight is 591 g/mol. The molecule has 1 atom stereocenters. The van der Waals surface area contributed by atoms with Crippen LogP contribution in [0.1, 0.15) is 47.7 Å². The van der Waals surface area contributed by atoms with Gasteiger partial charge in [-0.3, -0.25) is 10.1 Å². The molecule has 5 rings (SSSR count). The first-order valence-corrected chi connectivity index (χ1v) is 15.0. The van der Waals surface area contributed by atoms with Crippen LogP contribution in [0.25, 0.3) is 0 Å². The first kappa shape index (κ1) is 28.1. The van der Waals surface area contributed by atoms with Gasteiger partial charge in [-0.25, -0.2) is 22.6 Å². The fourth-order valence-corrected chi connectivity index (χ4v) is 6.53. The molecule has 3 aromatic rings. The maximum Gasteiger partial charge on any atom is 0.340 e. The number of anilines is 1. The third-order valence-electron chi connectivity index (χ3n) is 6.49. The standard InChI is InChI=1S/C27H27FN2O8S2/c1-35-26(32)21-14-18(4-9-22(21)28)37-23-15-29-27(39-23)30-25(31)24(38-17-10-12-36-13-11-17)16-2-5-19(6-3-16)40(33,34)20-7-8-20/h2-6,9,14-15,17,20,24H,7-8,10-13H2,1H3,(H,29,30,31). The molecule has 1 N–H and O–H groups in total. The normalized spacial score (nSPS) is 16.8. The fourth-order valence-electron chi connectivity index (χ4n) is 4.18. The number of aromatic nitrogens is 1. The zero-order valence-corrected chi connectivity index (χ0v) is 23.1. The molecule has 40 heavy (non-hydrogen) atoms. The van der Waals surface area contributed by atoms with Crippen molar-refractivity contribution in [3.8, 4) is 10.8 Å². The number of hydrogen-bond donors (Lipinski definition) is 1. The summed E-state index contributed by atoms with van der Waals surface area (Å²) < 4.78 is 61.0. The number of nitrogens with zero attached hydrogens (tertiary/aromatic N) is 1. The van der Waals surface area contributed by atoms with Crippen LogP contribution in [0.2, 0.25) is 0 Å². The molecule has 1 aromatic heterocycles. The SMILES string of the molecule is COC(=O)c1cc(Oc2cnc(NC(=O)C(OC3CCOCC3)c3ccc(S(=O)(=O)C4CC4)cc3)s2)ccc1F. The maximum absolute atomic E-state index is 13.9. The Balaban J connectivity index is 1.31. The molecule has 2 fully saturated rings. The Kier molecular flexibility index (Phi) is 8.45. The van der Waals surface area contributed by atoms with Crippen LogP contribution in [0.15, 0.2) is 53.6 Å². The van der Waals surface area contributed by atoms with Crippen LogP contribution >= 0.6 is 11.3 Å². The van der Waals surface area contributed by atoms with Gasteiger partial charge in [0, 0.05) is 13.2 Å². The molecular weight excluding hydrogens is 563 g/mol. The number of rotatable bonds is 10. The lowest BCUT2D eigenvalue weighted by atomic mass is 10.1. The smallest absolute Gasteiger partial charge is 0.340 e. The van der Waals surface area contributed by atoms with E-state index in [1.165, 1.54) is 30.5 Å². The van der Waals surface area contributed by atoms with Gasteiger partial charge >= 0.3 is 5.97 Å². The summed E-state index contributed by atoms with van der Waals surface area (Å²) >= 11 is 1.02. The predicted molar refractivity (Wildman–Crippen MR) is 143 cm³/mol. The number of ether oxygens (including phenoxy) is 4. The van der Waals surface area contributed by atoms with Crippen molar-refractivity contribution in [2.45, 2.75) is 48.0 Å². The molecule has 1 unspecified atom stereocenters. The summed E-state index contributed by atoms with van der Waals surface area (Å²) in [5, 5.41) is 2.92. The van der Waals surface area contributed by atoms with Crippen molar-refractivity contribution in [3.05, 3.63) is 65.6 Å². The minimum absolute atomic E-state index is 0.185. The van der Waals surface area contributed by atoms with Gasteiger partial charge in [-0.2, -0.15) is 0 Å². The molecule has 1 amide bonds. The van der Waals surface area contributed by atoms with Crippen LogP contribution in [0, 0.1) is 5.82 Å². The zero-order chi connectivity index (χ0) is 28.3. The van der Waals surface area contributed by atoms with Crippen molar-refractivity contribution in [1.29, 1.82) is 0 Å².